The van der Waals surface area contributed by atoms with Crippen LogP contribution in [-0.4, -0.2) is 23.4 Å². The van der Waals surface area contributed by atoms with Crippen LogP contribution >= 0.6 is 0 Å². The van der Waals surface area contributed by atoms with Crippen LogP contribution in [0.15, 0.2) is 30.5 Å². The van der Waals surface area contributed by atoms with Crippen molar-refractivity contribution < 1.29 is 17.9 Å². The second-order valence-electron chi connectivity index (χ2n) is 4.52. The maximum Gasteiger partial charge on any atom is 0.435 e. The van der Waals surface area contributed by atoms with Crippen LogP contribution < -0.4 is 10.1 Å². The number of hydrogen-bond donors (Lipinski definition) is 1. The predicted molar refractivity (Wildman–Crippen MR) is 65.9 cm³/mol. The van der Waals surface area contributed by atoms with Crippen LogP contribution in [0.3, 0.4) is 0 Å². The SMILES string of the molecule is CN[C@@H]1COc2cc(-n3ccc(C(F)(F)F)n3)ccc21. The number of benzene rings is 1. The van der Waals surface area contributed by atoms with Crippen molar-refractivity contribution in [3.05, 3.63) is 41.7 Å². The van der Waals surface area contributed by atoms with Gasteiger partial charge >= 0.3 is 6.18 Å². The lowest BCUT2D eigenvalue weighted by Gasteiger charge is -2.07. The molecular weight excluding hydrogens is 271 g/mol. The van der Waals surface area contributed by atoms with Gasteiger partial charge in [-0.15, -0.1) is 0 Å². The average Bonchev–Trinajstić information content (AvgIpc) is 3.04. The summed E-state index contributed by atoms with van der Waals surface area (Å²) >= 11 is 0. The molecule has 1 aromatic heterocycles. The summed E-state index contributed by atoms with van der Waals surface area (Å²) in [6.07, 6.45) is -3.15. The van der Waals surface area contributed by atoms with Gasteiger partial charge in [-0.2, -0.15) is 18.3 Å². The largest absolute Gasteiger partial charge is 0.491 e. The van der Waals surface area contributed by atoms with Gasteiger partial charge in [0.05, 0.1) is 11.7 Å². The van der Waals surface area contributed by atoms with Gasteiger partial charge in [0.15, 0.2) is 5.69 Å². The highest BCUT2D eigenvalue weighted by Gasteiger charge is 2.33. The Morgan fingerprint density at radius 1 is 1.35 bits per heavy atom. The van der Waals surface area contributed by atoms with E-state index in [4.69, 9.17) is 4.74 Å². The number of rotatable bonds is 2. The monoisotopic (exact) mass is 283 g/mol. The lowest BCUT2D eigenvalue weighted by Crippen LogP contribution is -2.17. The zero-order chi connectivity index (χ0) is 14.3. The van der Waals surface area contributed by atoms with Crippen molar-refractivity contribution in [2.75, 3.05) is 13.7 Å². The molecule has 4 nitrogen and oxygen atoms in total. The smallest absolute Gasteiger partial charge is 0.435 e. The van der Waals surface area contributed by atoms with Crippen molar-refractivity contribution in [1.29, 1.82) is 0 Å². The van der Waals surface area contributed by atoms with Crippen molar-refractivity contribution in [1.82, 2.24) is 15.1 Å². The van der Waals surface area contributed by atoms with E-state index in [0.717, 1.165) is 11.6 Å². The fourth-order valence-corrected chi connectivity index (χ4v) is 2.20. The number of hydrogen-bond acceptors (Lipinski definition) is 3. The molecule has 0 radical (unpaired) electrons. The molecule has 0 bridgehead atoms. The Morgan fingerprint density at radius 3 is 2.80 bits per heavy atom. The van der Waals surface area contributed by atoms with E-state index < -0.39 is 11.9 Å². The molecule has 1 N–H and O–H groups in total. The van der Waals surface area contributed by atoms with Crippen LogP contribution in [0.25, 0.3) is 5.69 Å². The fourth-order valence-electron chi connectivity index (χ4n) is 2.20. The molecule has 0 fully saturated rings. The molecule has 1 aromatic carbocycles. The lowest BCUT2D eigenvalue weighted by molar-refractivity contribution is -0.141. The lowest BCUT2D eigenvalue weighted by atomic mass is 10.1. The van der Waals surface area contributed by atoms with E-state index >= 15 is 0 Å². The summed E-state index contributed by atoms with van der Waals surface area (Å²) in [6, 6.07) is 6.32. The standard InChI is InChI=1S/C13H12F3N3O/c1-17-10-7-20-11-6-8(2-3-9(10)11)19-5-4-12(18-19)13(14,15)16/h2-6,10,17H,7H2,1H3/t10-/m1/s1. The second-order valence-corrected chi connectivity index (χ2v) is 4.52. The Kier molecular flexibility index (Phi) is 2.93. The van der Waals surface area contributed by atoms with E-state index in [0.29, 0.717) is 18.0 Å². The molecule has 0 saturated heterocycles. The van der Waals surface area contributed by atoms with Crippen LogP contribution in [-0.2, 0) is 6.18 Å². The first kappa shape index (κ1) is 13.0. The summed E-state index contributed by atoms with van der Waals surface area (Å²) < 4.78 is 44.3. The molecule has 20 heavy (non-hydrogen) atoms. The minimum Gasteiger partial charge on any atom is -0.491 e. The zero-order valence-electron chi connectivity index (χ0n) is 10.6. The topological polar surface area (TPSA) is 39.1 Å². The van der Waals surface area contributed by atoms with Gasteiger partial charge in [0.25, 0.3) is 0 Å². The minimum atomic E-state index is -4.43. The van der Waals surface area contributed by atoms with E-state index in [1.165, 1.54) is 10.9 Å². The Hall–Kier alpha value is -2.02. The molecule has 0 unspecified atom stereocenters. The first-order valence-corrected chi connectivity index (χ1v) is 6.06. The number of ether oxygens (including phenoxy) is 1. The van der Waals surface area contributed by atoms with Gasteiger partial charge in [0.2, 0.25) is 0 Å². The molecule has 0 saturated carbocycles. The number of alkyl halides is 3. The molecule has 0 amide bonds. The van der Waals surface area contributed by atoms with Gasteiger partial charge in [-0.25, -0.2) is 4.68 Å². The van der Waals surface area contributed by atoms with Gasteiger partial charge in [0.1, 0.15) is 12.4 Å². The Labute approximate surface area is 113 Å². The summed E-state index contributed by atoms with van der Waals surface area (Å²) in [5, 5.41) is 6.64. The van der Waals surface area contributed by atoms with Crippen molar-refractivity contribution in [2.24, 2.45) is 0 Å². The molecule has 1 aliphatic rings. The predicted octanol–water partition coefficient (Wildman–Crippen LogP) is 2.54. The van der Waals surface area contributed by atoms with Gasteiger partial charge < -0.3 is 10.1 Å². The van der Waals surface area contributed by atoms with E-state index in [1.807, 2.05) is 13.1 Å². The number of nitrogens with zero attached hydrogens (tertiary/aromatic N) is 2. The molecule has 0 spiro atoms. The average molecular weight is 283 g/mol. The summed E-state index contributed by atoms with van der Waals surface area (Å²) in [7, 11) is 1.83. The van der Waals surface area contributed by atoms with Gasteiger partial charge in [0, 0.05) is 17.8 Å². The van der Waals surface area contributed by atoms with Crippen LogP contribution in [0.4, 0.5) is 13.2 Å². The molecular formula is C13H12F3N3O. The number of fused-ring (bicyclic) bond motifs is 1. The van der Waals surface area contributed by atoms with E-state index in [2.05, 4.69) is 10.4 Å². The summed E-state index contributed by atoms with van der Waals surface area (Å²) in [4.78, 5) is 0. The Bertz CT molecular complexity index is 636. The van der Waals surface area contributed by atoms with Gasteiger partial charge in [-0.05, 0) is 19.2 Å². The van der Waals surface area contributed by atoms with Crippen molar-refractivity contribution in [3.8, 4) is 11.4 Å². The number of aromatic nitrogens is 2. The first-order valence-electron chi connectivity index (χ1n) is 6.06. The van der Waals surface area contributed by atoms with E-state index in [1.54, 1.807) is 12.1 Å². The number of likely N-dealkylation sites (N-methyl/N-ethyl adjacent to an activating group) is 1. The molecule has 1 aliphatic heterocycles. The molecule has 0 aliphatic carbocycles. The third kappa shape index (κ3) is 2.14. The highest BCUT2D eigenvalue weighted by molar-refractivity contribution is 5.48. The van der Waals surface area contributed by atoms with E-state index in [9.17, 15) is 13.2 Å². The minimum absolute atomic E-state index is 0.113. The third-order valence-corrected chi connectivity index (χ3v) is 3.27. The summed E-state index contributed by atoms with van der Waals surface area (Å²) in [5.74, 6) is 0.672. The summed E-state index contributed by atoms with van der Waals surface area (Å²) in [5.41, 5.74) is 0.627. The maximum absolute atomic E-state index is 12.5. The first-order chi connectivity index (χ1) is 9.49. The van der Waals surface area contributed by atoms with E-state index in [-0.39, 0.29) is 6.04 Å². The highest BCUT2D eigenvalue weighted by atomic mass is 19.4. The van der Waals surface area contributed by atoms with Crippen LogP contribution in [0.5, 0.6) is 5.75 Å². The Morgan fingerprint density at radius 2 is 2.15 bits per heavy atom. The van der Waals surface area contributed by atoms with Crippen LogP contribution in [0.1, 0.15) is 17.3 Å². The number of nitrogens with one attached hydrogen (secondary N) is 1. The van der Waals surface area contributed by atoms with Crippen molar-refractivity contribution >= 4 is 0 Å². The molecule has 2 heterocycles. The fraction of sp³-hybridized carbons (Fsp3) is 0.308. The van der Waals surface area contributed by atoms with Crippen LogP contribution in [0, 0.1) is 0 Å². The zero-order valence-corrected chi connectivity index (χ0v) is 10.6. The molecule has 3 rings (SSSR count). The third-order valence-electron chi connectivity index (χ3n) is 3.27. The molecule has 2 aromatic rings. The van der Waals surface area contributed by atoms with Crippen molar-refractivity contribution in [3.63, 3.8) is 0 Å². The number of halogens is 3. The van der Waals surface area contributed by atoms with Gasteiger partial charge in [-0.1, -0.05) is 6.07 Å². The second kappa shape index (κ2) is 4.52. The normalized spacial score (nSPS) is 17.9. The molecule has 106 valence electrons. The quantitative estimate of drug-likeness (QED) is 0.920. The molecule has 1 atom stereocenters. The summed E-state index contributed by atoms with van der Waals surface area (Å²) in [6.45, 7) is 0.516. The van der Waals surface area contributed by atoms with Crippen molar-refractivity contribution in [2.45, 2.75) is 12.2 Å². The maximum atomic E-state index is 12.5. The van der Waals surface area contributed by atoms with Crippen LogP contribution in [0.2, 0.25) is 0 Å². The molecule has 7 heteroatoms. The highest BCUT2D eigenvalue weighted by Crippen LogP contribution is 2.34. The van der Waals surface area contributed by atoms with Gasteiger partial charge in [-0.3, -0.25) is 0 Å². The Balaban J connectivity index is 1.94.